The fourth-order valence-electron chi connectivity index (χ4n) is 3.89. The van der Waals surface area contributed by atoms with Crippen LogP contribution in [-0.4, -0.2) is 32.2 Å². The Morgan fingerprint density at radius 2 is 2.03 bits per heavy atom. The molecular weight excluding hydrogens is 404 g/mol. The zero-order valence-corrected chi connectivity index (χ0v) is 17.4. The molecule has 0 radical (unpaired) electrons. The molecule has 2 aliphatic rings. The number of furan rings is 1. The van der Waals surface area contributed by atoms with Crippen LogP contribution in [0.1, 0.15) is 32.6 Å². The monoisotopic (exact) mass is 426 g/mol. The van der Waals surface area contributed by atoms with E-state index in [-0.39, 0.29) is 11.7 Å². The summed E-state index contributed by atoms with van der Waals surface area (Å²) in [6.07, 6.45) is 5.62. The summed E-state index contributed by atoms with van der Waals surface area (Å²) in [6.45, 7) is 2.68. The molecule has 30 heavy (non-hydrogen) atoms. The lowest BCUT2D eigenvalue weighted by molar-refractivity contribution is -0.113. The number of carbonyl (C=O) groups is 1. The molecule has 1 saturated carbocycles. The normalized spacial score (nSPS) is 16.3. The van der Waals surface area contributed by atoms with Crippen LogP contribution in [0.25, 0.3) is 11.6 Å². The van der Waals surface area contributed by atoms with Crippen LogP contribution in [0.5, 0.6) is 11.5 Å². The van der Waals surface area contributed by atoms with Crippen molar-refractivity contribution in [2.24, 2.45) is 0 Å². The molecule has 0 bridgehead atoms. The lowest BCUT2D eigenvalue weighted by atomic mass is 10.2. The zero-order chi connectivity index (χ0) is 20.6. The summed E-state index contributed by atoms with van der Waals surface area (Å²) in [6, 6.07) is 9.17. The fraction of sp³-hybridized carbons (Fsp3) is 0.381. The van der Waals surface area contributed by atoms with Crippen LogP contribution in [0.3, 0.4) is 0 Å². The van der Waals surface area contributed by atoms with E-state index in [2.05, 4.69) is 15.5 Å². The van der Waals surface area contributed by atoms with E-state index in [1.165, 1.54) is 11.8 Å². The molecule has 3 heterocycles. The van der Waals surface area contributed by atoms with Crippen LogP contribution in [0.2, 0.25) is 0 Å². The minimum Gasteiger partial charge on any atom is -0.461 e. The Hall–Kier alpha value is -2.94. The number of nitrogens with one attached hydrogen (secondary N) is 1. The van der Waals surface area contributed by atoms with Crippen molar-refractivity contribution in [3.63, 3.8) is 0 Å². The largest absolute Gasteiger partial charge is 0.461 e. The Labute approximate surface area is 178 Å². The van der Waals surface area contributed by atoms with Gasteiger partial charge < -0.3 is 19.2 Å². The van der Waals surface area contributed by atoms with Crippen molar-refractivity contribution in [2.45, 2.75) is 50.1 Å². The SMILES string of the molecule is CCn1c(SCC(=O)Nc2ccc3c(c2)OC2(CCCC2)O3)nnc1-c1ccco1. The summed E-state index contributed by atoms with van der Waals surface area (Å²) in [7, 11) is 0. The van der Waals surface area contributed by atoms with Gasteiger partial charge in [-0.1, -0.05) is 11.8 Å². The van der Waals surface area contributed by atoms with Crippen LogP contribution < -0.4 is 14.8 Å². The number of benzene rings is 1. The second-order valence-corrected chi connectivity index (χ2v) is 8.29. The van der Waals surface area contributed by atoms with Gasteiger partial charge in [0.15, 0.2) is 28.2 Å². The first-order valence-corrected chi connectivity index (χ1v) is 11.1. The minimum absolute atomic E-state index is 0.125. The van der Waals surface area contributed by atoms with Crippen molar-refractivity contribution >= 4 is 23.4 Å². The van der Waals surface area contributed by atoms with Crippen LogP contribution in [-0.2, 0) is 11.3 Å². The predicted octanol–water partition coefficient (Wildman–Crippen LogP) is 4.33. The molecule has 156 valence electrons. The Morgan fingerprint density at radius 3 is 2.80 bits per heavy atom. The molecular formula is C21H22N4O4S. The predicted molar refractivity (Wildman–Crippen MR) is 112 cm³/mol. The smallest absolute Gasteiger partial charge is 0.251 e. The van der Waals surface area contributed by atoms with E-state index in [1.807, 2.05) is 41.8 Å². The Kier molecular flexibility index (Phi) is 4.90. The molecule has 1 aromatic carbocycles. The molecule has 3 aromatic rings. The number of thioether (sulfide) groups is 1. The molecule has 1 spiro atoms. The lowest BCUT2D eigenvalue weighted by Crippen LogP contribution is -2.34. The number of carbonyl (C=O) groups excluding carboxylic acids is 1. The van der Waals surface area contributed by atoms with E-state index in [9.17, 15) is 4.79 Å². The molecule has 1 amide bonds. The summed E-state index contributed by atoms with van der Waals surface area (Å²) < 4.78 is 19.4. The van der Waals surface area contributed by atoms with Crippen molar-refractivity contribution in [1.29, 1.82) is 0 Å². The van der Waals surface area contributed by atoms with Gasteiger partial charge in [0.25, 0.3) is 5.79 Å². The number of nitrogens with zero attached hydrogens (tertiary/aromatic N) is 3. The van der Waals surface area contributed by atoms with Crippen LogP contribution >= 0.6 is 11.8 Å². The van der Waals surface area contributed by atoms with Gasteiger partial charge in [-0.3, -0.25) is 9.36 Å². The number of hydrogen-bond acceptors (Lipinski definition) is 7. The molecule has 0 saturated heterocycles. The molecule has 1 N–H and O–H groups in total. The topological polar surface area (TPSA) is 91.4 Å². The van der Waals surface area contributed by atoms with Crippen molar-refractivity contribution < 1.29 is 18.7 Å². The number of fused-ring (bicyclic) bond motifs is 1. The average Bonchev–Trinajstić information content (AvgIpc) is 3.53. The van der Waals surface area contributed by atoms with E-state index in [0.717, 1.165) is 31.4 Å². The van der Waals surface area contributed by atoms with E-state index in [1.54, 1.807) is 6.26 Å². The second kappa shape index (κ2) is 7.71. The molecule has 8 nitrogen and oxygen atoms in total. The molecule has 2 aromatic heterocycles. The zero-order valence-electron chi connectivity index (χ0n) is 16.6. The third-order valence-electron chi connectivity index (χ3n) is 5.29. The van der Waals surface area contributed by atoms with Crippen molar-refractivity contribution in [2.75, 3.05) is 11.1 Å². The summed E-state index contributed by atoms with van der Waals surface area (Å²) in [5.74, 6) is 2.33. The van der Waals surface area contributed by atoms with E-state index in [0.29, 0.717) is 34.7 Å². The summed E-state index contributed by atoms with van der Waals surface area (Å²) in [4.78, 5) is 12.5. The summed E-state index contributed by atoms with van der Waals surface area (Å²) in [5.41, 5.74) is 0.686. The third-order valence-corrected chi connectivity index (χ3v) is 6.26. The maximum Gasteiger partial charge on any atom is 0.251 e. The van der Waals surface area contributed by atoms with Gasteiger partial charge in [0.05, 0.1) is 12.0 Å². The van der Waals surface area contributed by atoms with Gasteiger partial charge in [0.2, 0.25) is 5.91 Å². The van der Waals surface area contributed by atoms with E-state index >= 15 is 0 Å². The van der Waals surface area contributed by atoms with Crippen molar-refractivity contribution in [3.05, 3.63) is 36.6 Å². The highest BCUT2D eigenvalue weighted by Gasteiger charge is 2.44. The molecule has 0 atom stereocenters. The molecule has 1 aliphatic heterocycles. The number of aromatic nitrogens is 3. The minimum atomic E-state index is -0.503. The van der Waals surface area contributed by atoms with Crippen LogP contribution in [0.4, 0.5) is 5.69 Å². The van der Waals surface area contributed by atoms with Gasteiger partial charge >= 0.3 is 0 Å². The molecule has 1 aliphatic carbocycles. The first-order chi connectivity index (χ1) is 14.7. The quantitative estimate of drug-likeness (QED) is 0.587. The van der Waals surface area contributed by atoms with Gasteiger partial charge in [-0.05, 0) is 44.0 Å². The highest BCUT2D eigenvalue weighted by Crippen LogP contribution is 2.47. The summed E-state index contributed by atoms with van der Waals surface area (Å²) in [5, 5.41) is 12.0. The molecule has 1 fully saturated rings. The number of hydrogen-bond donors (Lipinski definition) is 1. The highest BCUT2D eigenvalue weighted by atomic mass is 32.2. The molecule has 0 unspecified atom stereocenters. The highest BCUT2D eigenvalue weighted by molar-refractivity contribution is 7.99. The Bertz CT molecular complexity index is 1060. The van der Waals surface area contributed by atoms with Gasteiger partial charge in [-0.15, -0.1) is 10.2 Å². The first kappa shape index (κ1) is 19.0. The first-order valence-electron chi connectivity index (χ1n) is 10.1. The number of anilines is 1. The Morgan fingerprint density at radius 1 is 1.20 bits per heavy atom. The maximum atomic E-state index is 12.5. The summed E-state index contributed by atoms with van der Waals surface area (Å²) >= 11 is 1.34. The van der Waals surface area contributed by atoms with Crippen molar-refractivity contribution in [1.82, 2.24) is 14.8 Å². The fourth-order valence-corrected chi connectivity index (χ4v) is 4.69. The molecule has 9 heteroatoms. The number of ether oxygens (including phenoxy) is 2. The number of amides is 1. The third kappa shape index (κ3) is 3.54. The van der Waals surface area contributed by atoms with Gasteiger partial charge in [0.1, 0.15) is 0 Å². The van der Waals surface area contributed by atoms with Gasteiger partial charge in [-0.25, -0.2) is 0 Å². The van der Waals surface area contributed by atoms with E-state index in [4.69, 9.17) is 13.9 Å². The molecule has 5 rings (SSSR count). The van der Waals surface area contributed by atoms with Gasteiger partial charge in [-0.2, -0.15) is 0 Å². The van der Waals surface area contributed by atoms with Crippen LogP contribution in [0, 0.1) is 0 Å². The van der Waals surface area contributed by atoms with E-state index < -0.39 is 5.79 Å². The van der Waals surface area contributed by atoms with Gasteiger partial charge in [0, 0.05) is 31.1 Å². The maximum absolute atomic E-state index is 12.5. The second-order valence-electron chi connectivity index (χ2n) is 7.35. The van der Waals surface area contributed by atoms with Crippen molar-refractivity contribution in [3.8, 4) is 23.1 Å². The van der Waals surface area contributed by atoms with Crippen LogP contribution in [0.15, 0.2) is 46.2 Å². The standard InChI is InChI=1S/C21H22N4O4S/c1-2-25-19(16-6-5-11-27-16)23-24-20(25)30-13-18(26)22-14-7-8-15-17(12-14)29-21(28-15)9-3-4-10-21/h5-8,11-12H,2-4,9-10,13H2,1H3,(H,22,26). The Balaban J connectivity index is 1.22. The number of rotatable bonds is 6. The average molecular weight is 426 g/mol. The lowest BCUT2D eigenvalue weighted by Gasteiger charge is -2.21.